The van der Waals surface area contributed by atoms with Crippen LogP contribution in [0, 0.1) is 0 Å². The molecule has 2 N–H and O–H groups in total. The molecule has 1 saturated heterocycles. The van der Waals surface area contributed by atoms with Crippen molar-refractivity contribution in [3.8, 4) is 0 Å². The van der Waals surface area contributed by atoms with E-state index in [1.165, 1.54) is 0 Å². The van der Waals surface area contributed by atoms with Gasteiger partial charge in [0.25, 0.3) is 0 Å². The molecule has 1 fully saturated rings. The standard InChI is InChI=1S/C17H25N3O2S2/c1-11-9-12(18)7-8-20(11)24(21,22)13-5-6-14-15(10-13)23-16(19-14)17(2,3)4/h5-6,10-12H,7-9,18H2,1-4H3/t11-,12-/m0/s1. The molecule has 0 radical (unpaired) electrons. The zero-order chi connectivity index (χ0) is 17.7. The van der Waals surface area contributed by atoms with E-state index in [-0.39, 0.29) is 17.5 Å². The molecule has 1 aromatic carbocycles. The van der Waals surface area contributed by atoms with Crippen LogP contribution in [0.25, 0.3) is 10.2 Å². The predicted molar refractivity (Wildman–Crippen MR) is 98.9 cm³/mol. The van der Waals surface area contributed by atoms with E-state index in [0.29, 0.717) is 24.3 Å². The molecule has 3 rings (SSSR count). The maximum atomic E-state index is 13.0. The molecule has 7 heteroatoms. The van der Waals surface area contributed by atoms with E-state index in [1.807, 2.05) is 13.0 Å². The lowest BCUT2D eigenvalue weighted by atomic mass is 9.98. The van der Waals surface area contributed by atoms with E-state index in [1.54, 1.807) is 27.8 Å². The molecule has 2 heterocycles. The van der Waals surface area contributed by atoms with Gasteiger partial charge in [-0.2, -0.15) is 4.31 Å². The number of hydrogen-bond acceptors (Lipinski definition) is 5. The number of nitrogens with two attached hydrogens (primary N) is 1. The lowest BCUT2D eigenvalue weighted by Gasteiger charge is -2.35. The third kappa shape index (κ3) is 3.22. The minimum Gasteiger partial charge on any atom is -0.328 e. The first-order valence-corrected chi connectivity index (χ1v) is 10.5. The zero-order valence-electron chi connectivity index (χ0n) is 14.6. The Bertz CT molecular complexity index is 852. The van der Waals surface area contributed by atoms with Crippen molar-refractivity contribution in [2.75, 3.05) is 6.54 Å². The maximum absolute atomic E-state index is 13.0. The second kappa shape index (κ2) is 6.05. The quantitative estimate of drug-likeness (QED) is 0.885. The van der Waals surface area contributed by atoms with Gasteiger partial charge in [-0.3, -0.25) is 0 Å². The SMILES string of the molecule is C[C@H]1C[C@@H](N)CCN1S(=O)(=O)c1ccc2nc(C(C)(C)C)sc2c1. The Balaban J connectivity index is 1.99. The number of piperidine rings is 1. The van der Waals surface area contributed by atoms with Crippen molar-refractivity contribution in [2.45, 2.75) is 62.9 Å². The Kier molecular flexibility index (Phi) is 4.49. The highest BCUT2D eigenvalue weighted by atomic mass is 32.2. The van der Waals surface area contributed by atoms with E-state index in [4.69, 9.17) is 5.73 Å². The lowest BCUT2D eigenvalue weighted by Crippen LogP contribution is -2.48. The van der Waals surface area contributed by atoms with Gasteiger partial charge in [-0.1, -0.05) is 20.8 Å². The molecule has 1 aliphatic heterocycles. The van der Waals surface area contributed by atoms with Crippen LogP contribution in [0.3, 0.4) is 0 Å². The van der Waals surface area contributed by atoms with Crippen LogP contribution in [0.1, 0.15) is 45.5 Å². The van der Waals surface area contributed by atoms with E-state index >= 15 is 0 Å². The minimum absolute atomic E-state index is 0.0414. The van der Waals surface area contributed by atoms with Crippen molar-refractivity contribution in [1.29, 1.82) is 0 Å². The van der Waals surface area contributed by atoms with Crippen LogP contribution in [-0.4, -0.2) is 36.3 Å². The topological polar surface area (TPSA) is 76.3 Å². The number of fused-ring (bicyclic) bond motifs is 1. The Morgan fingerprint density at radius 2 is 2.04 bits per heavy atom. The van der Waals surface area contributed by atoms with Gasteiger partial charge < -0.3 is 5.73 Å². The highest BCUT2D eigenvalue weighted by molar-refractivity contribution is 7.89. The minimum atomic E-state index is -3.50. The Labute approximate surface area is 147 Å². The van der Waals surface area contributed by atoms with Crippen molar-refractivity contribution in [1.82, 2.24) is 9.29 Å². The van der Waals surface area contributed by atoms with Crippen molar-refractivity contribution >= 4 is 31.6 Å². The summed E-state index contributed by atoms with van der Waals surface area (Å²) in [6.07, 6.45) is 1.41. The molecule has 1 aliphatic rings. The van der Waals surface area contributed by atoms with Crippen molar-refractivity contribution < 1.29 is 8.42 Å². The first kappa shape index (κ1) is 17.8. The fraction of sp³-hybridized carbons (Fsp3) is 0.588. The average Bonchev–Trinajstić information content (AvgIpc) is 2.89. The average molecular weight is 368 g/mol. The zero-order valence-corrected chi connectivity index (χ0v) is 16.2. The first-order valence-electron chi connectivity index (χ1n) is 8.27. The Morgan fingerprint density at radius 3 is 2.67 bits per heavy atom. The number of rotatable bonds is 2. The number of thiazole rings is 1. The molecule has 0 aliphatic carbocycles. The van der Waals surface area contributed by atoms with E-state index in [2.05, 4.69) is 25.8 Å². The second-order valence-corrected chi connectivity index (χ2v) is 10.6. The van der Waals surface area contributed by atoms with Gasteiger partial charge in [-0.05, 0) is 38.0 Å². The van der Waals surface area contributed by atoms with Crippen molar-refractivity contribution in [2.24, 2.45) is 5.73 Å². The molecule has 1 aromatic heterocycles. The molecule has 5 nitrogen and oxygen atoms in total. The van der Waals surface area contributed by atoms with Gasteiger partial charge in [0.2, 0.25) is 10.0 Å². The van der Waals surface area contributed by atoms with Crippen LogP contribution >= 0.6 is 11.3 Å². The van der Waals surface area contributed by atoms with Crippen LogP contribution in [0.2, 0.25) is 0 Å². The van der Waals surface area contributed by atoms with Gasteiger partial charge in [0.15, 0.2) is 0 Å². The predicted octanol–water partition coefficient (Wildman–Crippen LogP) is 3.09. The van der Waals surface area contributed by atoms with Crippen molar-refractivity contribution in [3.63, 3.8) is 0 Å². The molecule has 2 atom stereocenters. The second-order valence-electron chi connectivity index (χ2n) is 7.65. The van der Waals surface area contributed by atoms with Gasteiger partial charge in [-0.15, -0.1) is 11.3 Å². The van der Waals surface area contributed by atoms with Crippen molar-refractivity contribution in [3.05, 3.63) is 23.2 Å². The molecule has 24 heavy (non-hydrogen) atoms. The monoisotopic (exact) mass is 367 g/mol. The molecule has 0 bridgehead atoms. The number of nitrogens with zero attached hydrogens (tertiary/aromatic N) is 2. The summed E-state index contributed by atoms with van der Waals surface area (Å²) in [5.74, 6) is 0. The number of sulfonamides is 1. The third-order valence-electron chi connectivity index (χ3n) is 4.46. The van der Waals surface area contributed by atoms with Gasteiger partial charge in [0, 0.05) is 24.0 Å². The molecule has 0 amide bonds. The maximum Gasteiger partial charge on any atom is 0.243 e. The molecule has 132 valence electrons. The highest BCUT2D eigenvalue weighted by Crippen LogP contribution is 2.33. The molecular formula is C17H25N3O2S2. The molecular weight excluding hydrogens is 342 g/mol. The Morgan fingerprint density at radius 1 is 1.33 bits per heavy atom. The van der Waals surface area contributed by atoms with Crippen LogP contribution in [-0.2, 0) is 15.4 Å². The molecule has 0 saturated carbocycles. The smallest absolute Gasteiger partial charge is 0.243 e. The van der Waals surface area contributed by atoms with E-state index in [9.17, 15) is 8.42 Å². The first-order chi connectivity index (χ1) is 11.1. The highest BCUT2D eigenvalue weighted by Gasteiger charge is 2.33. The number of benzene rings is 1. The summed E-state index contributed by atoms with van der Waals surface area (Å²) in [7, 11) is -3.50. The summed E-state index contributed by atoms with van der Waals surface area (Å²) in [6, 6.07) is 5.27. The van der Waals surface area contributed by atoms with Crippen LogP contribution < -0.4 is 5.73 Å². The van der Waals surface area contributed by atoms with Crippen LogP contribution in [0.5, 0.6) is 0 Å². The van der Waals surface area contributed by atoms with Gasteiger partial charge in [-0.25, -0.2) is 13.4 Å². The van der Waals surface area contributed by atoms with E-state index in [0.717, 1.165) is 15.2 Å². The van der Waals surface area contributed by atoms with Gasteiger partial charge in [0.1, 0.15) is 0 Å². The summed E-state index contributed by atoms with van der Waals surface area (Å²) >= 11 is 1.57. The fourth-order valence-corrected chi connectivity index (χ4v) is 5.89. The van der Waals surface area contributed by atoms with Gasteiger partial charge >= 0.3 is 0 Å². The normalized spacial score (nSPS) is 23.7. The number of hydrogen-bond donors (Lipinski definition) is 1. The summed E-state index contributed by atoms with van der Waals surface area (Å²) in [4.78, 5) is 4.99. The summed E-state index contributed by atoms with van der Waals surface area (Å²) in [6.45, 7) is 8.75. The van der Waals surface area contributed by atoms with Gasteiger partial charge in [0.05, 0.1) is 20.1 Å². The van der Waals surface area contributed by atoms with Crippen LogP contribution in [0.4, 0.5) is 0 Å². The van der Waals surface area contributed by atoms with E-state index < -0.39 is 10.0 Å². The Hall–Kier alpha value is -1.02. The summed E-state index contributed by atoms with van der Waals surface area (Å²) in [5.41, 5.74) is 6.78. The lowest BCUT2D eigenvalue weighted by molar-refractivity contribution is 0.247. The summed E-state index contributed by atoms with van der Waals surface area (Å²) in [5, 5.41) is 1.02. The fourth-order valence-electron chi connectivity index (χ4n) is 3.07. The molecule has 0 unspecified atom stereocenters. The molecule has 0 spiro atoms. The van der Waals surface area contributed by atoms with Crippen LogP contribution in [0.15, 0.2) is 23.1 Å². The largest absolute Gasteiger partial charge is 0.328 e. The summed E-state index contributed by atoms with van der Waals surface area (Å²) < 4.78 is 28.5. The number of aromatic nitrogens is 1. The molecule has 2 aromatic rings. The third-order valence-corrected chi connectivity index (χ3v) is 7.92.